The van der Waals surface area contributed by atoms with Crippen LogP contribution < -0.4 is 25.7 Å². The Hall–Kier alpha value is -4.45. The van der Waals surface area contributed by atoms with Crippen LogP contribution in [0, 0.1) is 40.9 Å². The standard InChI is InChI=1S/C52H71N3O8/c1-5-30-21-32(9-8-31(30)14-19-56)37-22-34-24-42(59)35(20-29(2)3)23-38(34)49-47(61-4)27-45-39(48(37)49)26-43(60)50(63-45)33-10-11-41(58)46(25-33)62-44-12-17-52(15-6-7-16-52)40(28-57)36(44)13-18-55-51(53)54/h8-11,23-25,27,29-32,36-37,40,43-44,50,56-60H,5-7,12-22,26,28H2,1-4H3,(H4,53,54,55). The van der Waals surface area contributed by atoms with Crippen LogP contribution in [0.25, 0.3) is 11.1 Å². The lowest BCUT2D eigenvalue weighted by Gasteiger charge is -2.49. The number of hydrogen-bond donors (Lipinski definition) is 7. The second-order valence-corrected chi connectivity index (χ2v) is 19.9. The fourth-order valence-corrected chi connectivity index (χ4v) is 12.8. The Morgan fingerprint density at radius 1 is 0.968 bits per heavy atom. The third kappa shape index (κ3) is 8.86. The predicted octanol–water partition coefficient (Wildman–Crippen LogP) is 8.24. The zero-order valence-electron chi connectivity index (χ0n) is 37.8. The van der Waals surface area contributed by atoms with E-state index in [2.05, 4.69) is 44.0 Å². The maximum absolute atomic E-state index is 12.2. The largest absolute Gasteiger partial charge is 0.508 e. The third-order valence-corrected chi connectivity index (χ3v) is 15.8. The van der Waals surface area contributed by atoms with Crippen LogP contribution in [-0.2, 0) is 19.3 Å². The number of aliphatic imine (C=N–C) groups is 1. The van der Waals surface area contributed by atoms with Crippen molar-refractivity contribution in [2.45, 2.75) is 128 Å². The number of phenolic OH excluding ortho intramolecular Hbond substituents is 2. The second kappa shape index (κ2) is 18.9. The van der Waals surface area contributed by atoms with Crippen LogP contribution in [0.4, 0.5) is 0 Å². The maximum atomic E-state index is 12.2. The van der Waals surface area contributed by atoms with Crippen molar-refractivity contribution in [3.05, 3.63) is 76.4 Å². The van der Waals surface area contributed by atoms with Crippen molar-refractivity contribution in [1.29, 1.82) is 0 Å². The molecule has 0 saturated heterocycles. The van der Waals surface area contributed by atoms with E-state index in [0.717, 1.165) is 104 Å². The number of ether oxygens (including phenoxy) is 3. The summed E-state index contributed by atoms with van der Waals surface area (Å²) in [6, 6.07) is 11.3. The van der Waals surface area contributed by atoms with Gasteiger partial charge in [-0.1, -0.05) is 58.3 Å². The zero-order chi connectivity index (χ0) is 44.6. The summed E-state index contributed by atoms with van der Waals surface area (Å²) in [4.78, 5) is 4.29. The van der Waals surface area contributed by atoms with Crippen molar-refractivity contribution in [3.8, 4) is 39.9 Å². The van der Waals surface area contributed by atoms with Crippen molar-refractivity contribution in [2.24, 2.45) is 57.4 Å². The van der Waals surface area contributed by atoms with E-state index >= 15 is 0 Å². The van der Waals surface area contributed by atoms with E-state index in [1.807, 2.05) is 12.1 Å². The maximum Gasteiger partial charge on any atom is 0.185 e. The van der Waals surface area contributed by atoms with Crippen molar-refractivity contribution < 1.29 is 39.7 Å². The molecule has 1 spiro atoms. The van der Waals surface area contributed by atoms with Crippen LogP contribution in [0.1, 0.15) is 125 Å². The van der Waals surface area contributed by atoms with Crippen molar-refractivity contribution in [2.75, 3.05) is 26.9 Å². The number of fused-ring (bicyclic) bond motifs is 5. The Morgan fingerprint density at radius 2 is 1.76 bits per heavy atom. The molecule has 3 aromatic rings. The molecular formula is C52H71N3O8. The number of aliphatic hydroxyl groups is 3. The van der Waals surface area contributed by atoms with Gasteiger partial charge in [0.05, 0.1) is 13.2 Å². The molecule has 9 N–H and O–H groups in total. The van der Waals surface area contributed by atoms with E-state index < -0.39 is 12.2 Å². The number of methoxy groups -OCH3 is 1. The van der Waals surface area contributed by atoms with Crippen LogP contribution in [0.3, 0.4) is 0 Å². The average Bonchev–Trinajstić information content (AvgIpc) is 3.73. The highest BCUT2D eigenvalue weighted by Gasteiger charge is 2.51. The number of benzene rings is 3. The van der Waals surface area contributed by atoms with Crippen molar-refractivity contribution in [3.63, 3.8) is 0 Å². The summed E-state index contributed by atoms with van der Waals surface area (Å²) in [5.41, 5.74) is 18.3. The van der Waals surface area contributed by atoms with Gasteiger partial charge in [-0.2, -0.15) is 0 Å². The molecule has 9 unspecified atom stereocenters. The number of rotatable bonds is 14. The molecule has 0 radical (unpaired) electrons. The molecule has 0 aromatic heterocycles. The Labute approximate surface area is 373 Å². The number of guanidine groups is 1. The summed E-state index contributed by atoms with van der Waals surface area (Å²) >= 11 is 0. The molecule has 2 fully saturated rings. The summed E-state index contributed by atoms with van der Waals surface area (Å²) in [5.74, 6) is 3.37. The smallest absolute Gasteiger partial charge is 0.185 e. The molecule has 0 amide bonds. The topological polar surface area (TPSA) is 193 Å². The van der Waals surface area contributed by atoms with Gasteiger partial charge < -0.3 is 51.2 Å². The van der Waals surface area contributed by atoms with E-state index in [-0.39, 0.29) is 60.1 Å². The minimum absolute atomic E-state index is 0.00129. The number of aliphatic hydroxyl groups excluding tert-OH is 3. The van der Waals surface area contributed by atoms with E-state index in [0.29, 0.717) is 65.7 Å². The fraction of sp³-hybridized carbons (Fsp3) is 0.596. The van der Waals surface area contributed by atoms with Gasteiger partial charge >= 0.3 is 0 Å². The average molecular weight is 866 g/mol. The van der Waals surface area contributed by atoms with Gasteiger partial charge in [0.1, 0.15) is 29.5 Å². The molecule has 5 aliphatic rings. The summed E-state index contributed by atoms with van der Waals surface area (Å²) in [6.45, 7) is 7.19. The molecule has 11 heteroatoms. The van der Waals surface area contributed by atoms with Crippen LogP contribution in [0.15, 0.2) is 53.5 Å². The van der Waals surface area contributed by atoms with Gasteiger partial charge in [0, 0.05) is 49.3 Å². The Balaban J connectivity index is 1.15. The first-order valence-electron chi connectivity index (χ1n) is 23.8. The normalized spacial score (nSPS) is 28.2. The molecule has 3 aromatic carbocycles. The highest BCUT2D eigenvalue weighted by Crippen LogP contribution is 2.58. The van der Waals surface area contributed by atoms with Gasteiger partial charge in [-0.25, -0.2) is 0 Å². The van der Waals surface area contributed by atoms with Gasteiger partial charge in [0.15, 0.2) is 17.5 Å². The summed E-state index contributed by atoms with van der Waals surface area (Å²) < 4.78 is 19.9. The lowest BCUT2D eigenvalue weighted by atomic mass is 9.59. The van der Waals surface area contributed by atoms with E-state index in [1.165, 1.54) is 0 Å². The number of nitrogens with two attached hydrogens (primary N) is 2. The van der Waals surface area contributed by atoms with Crippen molar-refractivity contribution in [1.82, 2.24) is 0 Å². The number of aromatic hydroxyl groups is 2. The fourth-order valence-electron chi connectivity index (χ4n) is 12.8. The van der Waals surface area contributed by atoms with Crippen molar-refractivity contribution >= 4 is 5.96 Å². The molecule has 8 rings (SSSR count). The minimum atomic E-state index is -0.909. The monoisotopic (exact) mass is 866 g/mol. The van der Waals surface area contributed by atoms with Crippen LogP contribution in [0.5, 0.6) is 28.7 Å². The predicted molar refractivity (Wildman–Crippen MR) is 246 cm³/mol. The summed E-state index contributed by atoms with van der Waals surface area (Å²) in [5, 5.41) is 55.5. The molecule has 342 valence electrons. The molecule has 4 aliphatic carbocycles. The van der Waals surface area contributed by atoms with Crippen LogP contribution in [-0.4, -0.2) is 70.6 Å². The van der Waals surface area contributed by atoms with Crippen LogP contribution in [0.2, 0.25) is 0 Å². The van der Waals surface area contributed by atoms with Gasteiger partial charge in [-0.3, -0.25) is 4.99 Å². The summed E-state index contributed by atoms with van der Waals surface area (Å²) in [7, 11) is 1.69. The zero-order valence-corrected chi connectivity index (χ0v) is 37.8. The molecule has 11 nitrogen and oxygen atoms in total. The molecule has 2 saturated carbocycles. The van der Waals surface area contributed by atoms with Gasteiger partial charge in [-0.05, 0) is 151 Å². The SMILES string of the molecule is CCC1CC(C2Cc3cc(O)c(CC(C)C)cc3-c3c(OC)cc4c(c32)CC(O)C(c2ccc(O)c(OC3CCC5(CCCC5)C(CO)C3CCN=C(N)N)c2)O4)C=CC1CCO. The third-order valence-electron chi connectivity index (χ3n) is 15.8. The lowest BCUT2D eigenvalue weighted by Crippen LogP contribution is -2.48. The molecule has 1 heterocycles. The molecule has 63 heavy (non-hydrogen) atoms. The Kier molecular flexibility index (Phi) is 13.6. The van der Waals surface area contributed by atoms with E-state index in [1.54, 1.807) is 25.3 Å². The van der Waals surface area contributed by atoms with Gasteiger partial charge in [0.2, 0.25) is 0 Å². The molecule has 1 aliphatic heterocycles. The summed E-state index contributed by atoms with van der Waals surface area (Å²) in [6.07, 6.45) is 14.1. The van der Waals surface area contributed by atoms with Gasteiger partial charge in [-0.15, -0.1) is 0 Å². The molecular weight excluding hydrogens is 795 g/mol. The second-order valence-electron chi connectivity index (χ2n) is 19.9. The Morgan fingerprint density at radius 3 is 2.46 bits per heavy atom. The van der Waals surface area contributed by atoms with Gasteiger partial charge in [0.25, 0.3) is 0 Å². The highest BCUT2D eigenvalue weighted by atomic mass is 16.5. The first kappa shape index (κ1) is 45.1. The van der Waals surface area contributed by atoms with Crippen LogP contribution >= 0.6 is 0 Å². The first-order valence-corrected chi connectivity index (χ1v) is 23.8. The minimum Gasteiger partial charge on any atom is -0.508 e. The number of nitrogens with zero attached hydrogens (tertiary/aromatic N) is 1. The molecule has 9 atom stereocenters. The van der Waals surface area contributed by atoms with E-state index in [4.69, 9.17) is 25.7 Å². The Bertz CT molecular complexity index is 2160. The molecule has 0 bridgehead atoms. The number of allylic oxidation sites excluding steroid dienone is 2. The quantitative estimate of drug-likeness (QED) is 0.0472. The lowest BCUT2D eigenvalue weighted by molar-refractivity contribution is -0.0610. The number of hydrogen-bond acceptors (Lipinski definition) is 9. The number of phenols is 2. The first-order chi connectivity index (χ1) is 30.4. The highest BCUT2D eigenvalue weighted by molar-refractivity contribution is 5.84. The van der Waals surface area contributed by atoms with E-state index in [9.17, 15) is 25.5 Å².